The molecule has 6 heteroatoms. The zero-order valence-electron chi connectivity index (χ0n) is 12.8. The van der Waals surface area contributed by atoms with Crippen LogP contribution in [0.5, 0.6) is 0 Å². The number of anilines is 1. The second-order valence-corrected chi connectivity index (χ2v) is 6.63. The number of carboxylic acids is 1. The van der Waals surface area contributed by atoms with Gasteiger partial charge in [0.2, 0.25) is 0 Å². The van der Waals surface area contributed by atoms with Gasteiger partial charge in [-0.05, 0) is 51.8 Å². The highest BCUT2D eigenvalue weighted by molar-refractivity contribution is 7.12. The second-order valence-electron chi connectivity index (χ2n) is 5.17. The fourth-order valence-corrected chi connectivity index (χ4v) is 3.36. The van der Waals surface area contributed by atoms with Crippen molar-refractivity contribution in [3.05, 3.63) is 38.2 Å². The number of rotatable bonds is 4. The van der Waals surface area contributed by atoms with Crippen molar-refractivity contribution in [3.8, 4) is 0 Å². The van der Waals surface area contributed by atoms with Gasteiger partial charge < -0.3 is 10.4 Å². The number of aryl methyl sites for hydroxylation is 3. The van der Waals surface area contributed by atoms with Crippen molar-refractivity contribution in [2.45, 2.75) is 40.7 Å². The van der Waals surface area contributed by atoms with Gasteiger partial charge in [-0.15, -0.1) is 16.4 Å². The van der Waals surface area contributed by atoms with E-state index in [0.717, 1.165) is 5.56 Å². The Labute approximate surface area is 128 Å². The van der Waals surface area contributed by atoms with Gasteiger partial charge in [0.15, 0.2) is 5.82 Å². The number of hydrogen-bond acceptors (Lipinski definition) is 5. The fraction of sp³-hybridized carbons (Fsp3) is 0.400. The number of aromatic carboxylic acids is 1. The predicted molar refractivity (Wildman–Crippen MR) is 84.3 cm³/mol. The summed E-state index contributed by atoms with van der Waals surface area (Å²) in [5, 5.41) is 20.6. The maximum atomic E-state index is 11.5. The Hall–Kier alpha value is -1.95. The van der Waals surface area contributed by atoms with E-state index in [1.54, 1.807) is 25.2 Å². The molecule has 1 atom stereocenters. The van der Waals surface area contributed by atoms with E-state index in [4.69, 9.17) is 0 Å². The molecule has 21 heavy (non-hydrogen) atoms. The minimum Gasteiger partial charge on any atom is -0.478 e. The van der Waals surface area contributed by atoms with Gasteiger partial charge in [0.1, 0.15) is 5.56 Å². The van der Waals surface area contributed by atoms with Crippen molar-refractivity contribution in [2.24, 2.45) is 0 Å². The molecule has 0 radical (unpaired) electrons. The maximum absolute atomic E-state index is 11.5. The van der Waals surface area contributed by atoms with Gasteiger partial charge >= 0.3 is 5.97 Å². The summed E-state index contributed by atoms with van der Waals surface area (Å²) in [7, 11) is 0. The molecule has 0 fully saturated rings. The average molecular weight is 305 g/mol. The largest absolute Gasteiger partial charge is 0.478 e. The number of hydrogen-bond donors (Lipinski definition) is 2. The standard InChI is InChI=1S/C15H19N3O2S/c1-7-6-12(11(5)21-7)10(4)16-14-13(15(19)20)8(2)9(3)17-18-14/h6,10H,1-5H3,(H,16,18)(H,19,20). The van der Waals surface area contributed by atoms with Crippen molar-refractivity contribution in [1.82, 2.24) is 10.2 Å². The summed E-state index contributed by atoms with van der Waals surface area (Å²) in [5.74, 6) is -0.667. The maximum Gasteiger partial charge on any atom is 0.339 e. The summed E-state index contributed by atoms with van der Waals surface area (Å²) in [5.41, 5.74) is 2.63. The zero-order valence-corrected chi connectivity index (χ0v) is 13.6. The van der Waals surface area contributed by atoms with Crippen molar-refractivity contribution in [2.75, 3.05) is 5.32 Å². The van der Waals surface area contributed by atoms with E-state index < -0.39 is 5.97 Å². The molecule has 1 unspecified atom stereocenters. The van der Waals surface area contributed by atoms with E-state index in [9.17, 15) is 9.90 Å². The average Bonchev–Trinajstić information content (AvgIpc) is 2.72. The van der Waals surface area contributed by atoms with E-state index in [1.807, 2.05) is 6.92 Å². The SMILES string of the molecule is Cc1cc(C(C)Nc2nnc(C)c(C)c2C(=O)O)c(C)s1. The third-order valence-corrected chi connectivity index (χ3v) is 4.55. The molecule has 0 aliphatic rings. The van der Waals surface area contributed by atoms with Crippen LogP contribution < -0.4 is 5.32 Å². The molecular weight excluding hydrogens is 286 g/mol. The van der Waals surface area contributed by atoms with Gasteiger partial charge in [-0.25, -0.2) is 4.79 Å². The fourth-order valence-electron chi connectivity index (χ4n) is 2.33. The molecule has 0 saturated heterocycles. The lowest BCUT2D eigenvalue weighted by Gasteiger charge is -2.17. The first-order valence-electron chi connectivity index (χ1n) is 6.72. The van der Waals surface area contributed by atoms with Gasteiger partial charge in [0.25, 0.3) is 0 Å². The highest BCUT2D eigenvalue weighted by atomic mass is 32.1. The molecule has 0 aromatic carbocycles. The van der Waals surface area contributed by atoms with Crippen LogP contribution in [0.1, 0.15) is 49.9 Å². The Balaban J connectivity index is 2.38. The van der Waals surface area contributed by atoms with Crippen LogP contribution in [-0.4, -0.2) is 21.3 Å². The number of nitrogens with zero attached hydrogens (tertiary/aromatic N) is 2. The van der Waals surface area contributed by atoms with E-state index in [-0.39, 0.29) is 11.6 Å². The lowest BCUT2D eigenvalue weighted by Crippen LogP contribution is -2.15. The molecule has 0 aliphatic carbocycles. The van der Waals surface area contributed by atoms with Crippen molar-refractivity contribution >= 4 is 23.1 Å². The van der Waals surface area contributed by atoms with Crippen LogP contribution >= 0.6 is 11.3 Å². The zero-order chi connectivity index (χ0) is 15.7. The van der Waals surface area contributed by atoms with E-state index >= 15 is 0 Å². The van der Waals surface area contributed by atoms with Crippen molar-refractivity contribution in [1.29, 1.82) is 0 Å². The highest BCUT2D eigenvalue weighted by Gasteiger charge is 2.20. The van der Waals surface area contributed by atoms with Crippen LogP contribution in [0.15, 0.2) is 6.07 Å². The Bertz CT molecular complexity index is 694. The lowest BCUT2D eigenvalue weighted by atomic mass is 10.1. The number of carboxylic acid groups (broad SMARTS) is 1. The van der Waals surface area contributed by atoms with Gasteiger partial charge in [-0.2, -0.15) is 5.10 Å². The molecule has 5 nitrogen and oxygen atoms in total. The van der Waals surface area contributed by atoms with Crippen LogP contribution in [0.25, 0.3) is 0 Å². The van der Waals surface area contributed by atoms with Crippen LogP contribution in [0, 0.1) is 27.7 Å². The molecule has 2 N–H and O–H groups in total. The predicted octanol–water partition coefficient (Wildman–Crippen LogP) is 3.64. The van der Waals surface area contributed by atoms with Gasteiger partial charge in [0, 0.05) is 9.75 Å². The van der Waals surface area contributed by atoms with Gasteiger partial charge in [-0.1, -0.05) is 0 Å². The van der Waals surface area contributed by atoms with Crippen LogP contribution in [-0.2, 0) is 0 Å². The number of carbonyl (C=O) groups is 1. The highest BCUT2D eigenvalue weighted by Crippen LogP contribution is 2.29. The van der Waals surface area contributed by atoms with Crippen molar-refractivity contribution < 1.29 is 9.90 Å². The Kier molecular flexibility index (Phi) is 4.27. The van der Waals surface area contributed by atoms with Crippen LogP contribution in [0.2, 0.25) is 0 Å². The van der Waals surface area contributed by atoms with Crippen molar-refractivity contribution in [3.63, 3.8) is 0 Å². The molecule has 2 aromatic heterocycles. The number of thiophene rings is 1. The van der Waals surface area contributed by atoms with E-state index in [0.29, 0.717) is 17.1 Å². The number of nitrogens with one attached hydrogen (secondary N) is 1. The molecule has 0 saturated carbocycles. The molecule has 0 bridgehead atoms. The van der Waals surface area contributed by atoms with Gasteiger partial charge in [-0.3, -0.25) is 0 Å². The normalized spacial score (nSPS) is 12.2. The van der Waals surface area contributed by atoms with E-state index in [2.05, 4.69) is 35.4 Å². The van der Waals surface area contributed by atoms with Gasteiger partial charge in [0.05, 0.1) is 11.7 Å². The molecule has 2 aromatic rings. The summed E-state index contributed by atoms with van der Waals surface area (Å²) in [6.45, 7) is 9.64. The molecule has 2 heterocycles. The second kappa shape index (κ2) is 5.81. The molecular formula is C15H19N3O2S. The molecule has 2 rings (SSSR count). The lowest BCUT2D eigenvalue weighted by molar-refractivity contribution is 0.0696. The third-order valence-electron chi connectivity index (χ3n) is 3.57. The Morgan fingerprint density at radius 2 is 1.95 bits per heavy atom. The quantitative estimate of drug-likeness (QED) is 0.902. The Morgan fingerprint density at radius 1 is 1.29 bits per heavy atom. The minimum atomic E-state index is -0.988. The summed E-state index contributed by atoms with van der Waals surface area (Å²) in [6.07, 6.45) is 0. The smallest absolute Gasteiger partial charge is 0.339 e. The topological polar surface area (TPSA) is 75.1 Å². The summed E-state index contributed by atoms with van der Waals surface area (Å²) < 4.78 is 0. The summed E-state index contributed by atoms with van der Waals surface area (Å²) >= 11 is 1.73. The first kappa shape index (κ1) is 15.4. The molecule has 0 amide bonds. The first-order chi connectivity index (χ1) is 9.81. The Morgan fingerprint density at radius 3 is 2.48 bits per heavy atom. The molecule has 0 aliphatic heterocycles. The summed E-state index contributed by atoms with van der Waals surface area (Å²) in [4.78, 5) is 13.9. The first-order valence-corrected chi connectivity index (χ1v) is 7.53. The van der Waals surface area contributed by atoms with Crippen LogP contribution in [0.4, 0.5) is 5.82 Å². The number of aromatic nitrogens is 2. The van der Waals surface area contributed by atoms with Crippen LogP contribution in [0.3, 0.4) is 0 Å². The monoisotopic (exact) mass is 305 g/mol. The molecule has 0 spiro atoms. The summed E-state index contributed by atoms with van der Waals surface area (Å²) in [6, 6.07) is 2.09. The third kappa shape index (κ3) is 3.05. The van der Waals surface area contributed by atoms with E-state index in [1.165, 1.54) is 9.75 Å². The minimum absolute atomic E-state index is 0.0237. The molecule has 112 valence electrons.